The van der Waals surface area contributed by atoms with E-state index in [0.717, 1.165) is 17.7 Å². The first kappa shape index (κ1) is 24.0. The number of unbranched alkanes of at least 4 members (excludes halogenated alkanes) is 14. The largest absolute Gasteiger partial charge is 0.345 e. The van der Waals surface area contributed by atoms with Crippen LogP contribution in [0.15, 0.2) is 6.07 Å². The number of carbonyl (C=O) groups is 1. The van der Waals surface area contributed by atoms with Gasteiger partial charge in [0.05, 0.1) is 5.69 Å². The molecular formula is C25H45NO. The highest BCUT2D eigenvalue weighted by Gasteiger charge is 2.14. The van der Waals surface area contributed by atoms with Crippen LogP contribution in [0.1, 0.15) is 131 Å². The minimum Gasteiger partial charge on any atom is -0.345 e. The Kier molecular flexibility index (Phi) is 13.3. The molecule has 0 spiro atoms. The third-order valence-electron chi connectivity index (χ3n) is 5.93. The van der Waals surface area contributed by atoms with E-state index >= 15 is 0 Å². The predicted molar refractivity (Wildman–Crippen MR) is 119 cm³/mol. The second-order valence-corrected chi connectivity index (χ2v) is 8.50. The SMILES string of the molecule is CCCCCCCCCCCCCCCCCC(=O)c1c(C)cc(C)n1C. The van der Waals surface area contributed by atoms with Crippen molar-refractivity contribution in [3.63, 3.8) is 0 Å². The fourth-order valence-corrected chi connectivity index (χ4v) is 4.10. The summed E-state index contributed by atoms with van der Waals surface area (Å²) in [5.74, 6) is 0.317. The van der Waals surface area contributed by atoms with Gasteiger partial charge >= 0.3 is 0 Å². The lowest BCUT2D eigenvalue weighted by Gasteiger charge is -2.06. The van der Waals surface area contributed by atoms with E-state index in [4.69, 9.17) is 0 Å². The van der Waals surface area contributed by atoms with Gasteiger partial charge < -0.3 is 4.57 Å². The Morgan fingerprint density at radius 3 is 1.52 bits per heavy atom. The van der Waals surface area contributed by atoms with E-state index in [-0.39, 0.29) is 0 Å². The number of Topliss-reactive ketones (excluding diaryl/α,β-unsaturated/α-hetero) is 1. The second kappa shape index (κ2) is 14.9. The number of hydrogen-bond acceptors (Lipinski definition) is 1. The van der Waals surface area contributed by atoms with Crippen LogP contribution in [0.3, 0.4) is 0 Å². The van der Waals surface area contributed by atoms with E-state index in [1.807, 2.05) is 18.5 Å². The normalized spacial score (nSPS) is 11.3. The molecule has 27 heavy (non-hydrogen) atoms. The van der Waals surface area contributed by atoms with Crippen LogP contribution in [0.4, 0.5) is 0 Å². The molecule has 1 heterocycles. The Labute approximate surface area is 169 Å². The van der Waals surface area contributed by atoms with Crippen LogP contribution in [0.5, 0.6) is 0 Å². The molecule has 0 amide bonds. The van der Waals surface area contributed by atoms with Gasteiger partial charge in [0.2, 0.25) is 0 Å². The summed E-state index contributed by atoms with van der Waals surface area (Å²) in [6.45, 7) is 6.40. The van der Waals surface area contributed by atoms with Gasteiger partial charge in [0, 0.05) is 19.2 Å². The highest BCUT2D eigenvalue weighted by molar-refractivity contribution is 5.96. The molecule has 2 heteroatoms. The minimum absolute atomic E-state index is 0.317. The molecule has 0 saturated heterocycles. The van der Waals surface area contributed by atoms with Crippen LogP contribution < -0.4 is 0 Å². The van der Waals surface area contributed by atoms with Crippen molar-refractivity contribution in [2.45, 2.75) is 124 Å². The number of carbonyl (C=O) groups excluding carboxylic acids is 1. The zero-order valence-electron chi connectivity index (χ0n) is 18.7. The van der Waals surface area contributed by atoms with Crippen molar-refractivity contribution in [1.29, 1.82) is 0 Å². The number of nitrogens with zero attached hydrogens (tertiary/aromatic N) is 1. The molecule has 0 saturated carbocycles. The van der Waals surface area contributed by atoms with Gasteiger partial charge in [-0.15, -0.1) is 0 Å². The average molecular weight is 376 g/mol. The predicted octanol–water partition coefficient (Wildman–Crippen LogP) is 8.09. The standard InChI is InChI=1S/C25H45NO/c1-5-6-7-8-9-10-11-12-13-14-15-16-17-18-19-20-24(27)25-22(2)21-23(3)26(25)4/h21H,5-20H2,1-4H3. The van der Waals surface area contributed by atoms with E-state index in [1.165, 1.54) is 95.6 Å². The molecule has 156 valence electrons. The van der Waals surface area contributed by atoms with Gasteiger partial charge in [-0.05, 0) is 31.9 Å². The van der Waals surface area contributed by atoms with Crippen molar-refractivity contribution >= 4 is 5.78 Å². The molecule has 0 atom stereocenters. The van der Waals surface area contributed by atoms with E-state index in [2.05, 4.69) is 19.9 Å². The summed E-state index contributed by atoms with van der Waals surface area (Å²) >= 11 is 0. The van der Waals surface area contributed by atoms with Crippen molar-refractivity contribution in [1.82, 2.24) is 4.57 Å². The summed E-state index contributed by atoms with van der Waals surface area (Å²) in [4.78, 5) is 12.4. The van der Waals surface area contributed by atoms with Gasteiger partial charge in [-0.3, -0.25) is 4.79 Å². The summed E-state index contributed by atoms with van der Waals surface area (Å²) in [7, 11) is 2.00. The van der Waals surface area contributed by atoms with Crippen LogP contribution in [0.2, 0.25) is 0 Å². The summed E-state index contributed by atoms with van der Waals surface area (Å²) in [5, 5.41) is 0. The average Bonchev–Trinajstić information content (AvgIpc) is 2.90. The van der Waals surface area contributed by atoms with Crippen LogP contribution in [0.25, 0.3) is 0 Å². The number of aromatic nitrogens is 1. The molecule has 0 aliphatic rings. The molecule has 0 aromatic carbocycles. The maximum Gasteiger partial charge on any atom is 0.179 e. The first-order valence-corrected chi connectivity index (χ1v) is 11.7. The topological polar surface area (TPSA) is 22.0 Å². The Morgan fingerprint density at radius 1 is 0.741 bits per heavy atom. The summed E-state index contributed by atoms with van der Waals surface area (Å²) in [6, 6.07) is 2.11. The summed E-state index contributed by atoms with van der Waals surface area (Å²) in [6.07, 6.45) is 21.2. The summed E-state index contributed by atoms with van der Waals surface area (Å²) < 4.78 is 2.04. The molecule has 0 aliphatic carbocycles. The maximum absolute atomic E-state index is 12.4. The molecule has 1 aromatic rings. The highest BCUT2D eigenvalue weighted by Crippen LogP contribution is 2.18. The maximum atomic E-state index is 12.4. The Balaban J connectivity index is 1.90. The Bertz CT molecular complexity index is 515. The van der Waals surface area contributed by atoms with Crippen molar-refractivity contribution in [2.24, 2.45) is 7.05 Å². The molecule has 0 fully saturated rings. The number of aryl methyl sites for hydroxylation is 2. The van der Waals surface area contributed by atoms with Gasteiger partial charge in [0.15, 0.2) is 5.78 Å². The van der Waals surface area contributed by atoms with Gasteiger partial charge in [-0.2, -0.15) is 0 Å². The van der Waals surface area contributed by atoms with Crippen molar-refractivity contribution in [3.05, 3.63) is 23.0 Å². The number of rotatable bonds is 17. The molecule has 2 nitrogen and oxygen atoms in total. The monoisotopic (exact) mass is 375 g/mol. The van der Waals surface area contributed by atoms with Crippen LogP contribution >= 0.6 is 0 Å². The smallest absolute Gasteiger partial charge is 0.179 e. The minimum atomic E-state index is 0.317. The molecular weight excluding hydrogens is 330 g/mol. The summed E-state index contributed by atoms with van der Waals surface area (Å²) in [5.41, 5.74) is 3.21. The fraction of sp³-hybridized carbons (Fsp3) is 0.800. The quantitative estimate of drug-likeness (QED) is 0.199. The molecule has 0 radical (unpaired) electrons. The zero-order chi connectivity index (χ0) is 19.9. The second-order valence-electron chi connectivity index (χ2n) is 8.50. The van der Waals surface area contributed by atoms with E-state index in [0.29, 0.717) is 12.2 Å². The first-order valence-electron chi connectivity index (χ1n) is 11.7. The molecule has 0 N–H and O–H groups in total. The van der Waals surface area contributed by atoms with Gasteiger partial charge in [0.25, 0.3) is 0 Å². The molecule has 1 aromatic heterocycles. The highest BCUT2D eigenvalue weighted by atomic mass is 16.1. The molecule has 0 unspecified atom stereocenters. The van der Waals surface area contributed by atoms with Crippen molar-refractivity contribution in [2.75, 3.05) is 0 Å². The lowest BCUT2D eigenvalue weighted by Crippen LogP contribution is -2.08. The first-order chi connectivity index (χ1) is 13.1. The zero-order valence-corrected chi connectivity index (χ0v) is 18.7. The van der Waals surface area contributed by atoms with Gasteiger partial charge in [-0.25, -0.2) is 0 Å². The van der Waals surface area contributed by atoms with Crippen molar-refractivity contribution in [3.8, 4) is 0 Å². The van der Waals surface area contributed by atoms with Gasteiger partial charge in [-0.1, -0.05) is 96.8 Å². The Morgan fingerprint density at radius 2 is 1.15 bits per heavy atom. The Hall–Kier alpha value is -1.05. The number of hydrogen-bond donors (Lipinski definition) is 0. The van der Waals surface area contributed by atoms with E-state index in [1.54, 1.807) is 0 Å². The van der Waals surface area contributed by atoms with Crippen LogP contribution in [-0.2, 0) is 7.05 Å². The van der Waals surface area contributed by atoms with Gasteiger partial charge in [0.1, 0.15) is 0 Å². The van der Waals surface area contributed by atoms with Crippen LogP contribution in [0, 0.1) is 13.8 Å². The van der Waals surface area contributed by atoms with E-state index < -0.39 is 0 Å². The number of ketones is 1. The third-order valence-corrected chi connectivity index (χ3v) is 5.93. The lowest BCUT2D eigenvalue weighted by molar-refractivity contribution is 0.0970. The molecule has 0 aliphatic heterocycles. The third kappa shape index (κ3) is 10.2. The lowest BCUT2D eigenvalue weighted by atomic mass is 10.0. The molecule has 0 bridgehead atoms. The molecule has 1 rings (SSSR count). The van der Waals surface area contributed by atoms with E-state index in [9.17, 15) is 4.79 Å². The van der Waals surface area contributed by atoms with Crippen molar-refractivity contribution < 1.29 is 4.79 Å². The fourth-order valence-electron chi connectivity index (χ4n) is 4.10. The van der Waals surface area contributed by atoms with Crippen LogP contribution in [-0.4, -0.2) is 10.4 Å².